The molecule has 0 spiro atoms. The summed E-state index contributed by atoms with van der Waals surface area (Å²) in [4.78, 5) is 29.4. The van der Waals surface area contributed by atoms with Gasteiger partial charge in [-0.15, -0.1) is 0 Å². The molecule has 3 aromatic carbocycles. The molecule has 1 aliphatic carbocycles. The highest BCUT2D eigenvalue weighted by molar-refractivity contribution is 5.89. The quantitative estimate of drug-likeness (QED) is 0.348. The number of benzene rings is 3. The van der Waals surface area contributed by atoms with Crippen LogP contribution in [0.2, 0.25) is 0 Å². The summed E-state index contributed by atoms with van der Waals surface area (Å²) in [6.07, 6.45) is 4.69. The first-order valence-corrected chi connectivity index (χ1v) is 14.2. The minimum atomic E-state index is -0.775. The monoisotopic (exact) mass is 542 g/mol. The first-order valence-electron chi connectivity index (χ1n) is 14.2. The highest BCUT2D eigenvalue weighted by atomic mass is 16.5. The molecule has 7 heteroatoms. The summed E-state index contributed by atoms with van der Waals surface area (Å²) >= 11 is 0. The molecule has 2 unspecified atom stereocenters. The molecule has 1 amide bonds. The van der Waals surface area contributed by atoms with Crippen LogP contribution in [-0.4, -0.2) is 42.6 Å². The van der Waals surface area contributed by atoms with Gasteiger partial charge in [-0.2, -0.15) is 0 Å². The van der Waals surface area contributed by atoms with E-state index in [1.165, 1.54) is 0 Å². The lowest BCUT2D eigenvalue weighted by Gasteiger charge is -2.38. The van der Waals surface area contributed by atoms with Gasteiger partial charge in [0.2, 0.25) is 5.91 Å². The standard InChI is InChI=1S/C33H38N2O5/c1-3-39-33(37)28-20-27-25(18-19-29(38-2)31(27)40-22-23-12-6-4-7-13-23)21-35(28)32(36)30(24-14-8-5-9-15-24)34-26-16-10-11-17-26/h4-9,12-15,18-19,26,28,30,34H,3,10-11,16-17,20-22H2,1-2H3. The molecule has 1 heterocycles. The molecule has 3 aromatic rings. The topological polar surface area (TPSA) is 77.1 Å². The third-order valence-electron chi connectivity index (χ3n) is 7.86. The predicted molar refractivity (Wildman–Crippen MR) is 153 cm³/mol. The van der Waals surface area contributed by atoms with E-state index in [0.29, 0.717) is 18.1 Å². The van der Waals surface area contributed by atoms with E-state index in [4.69, 9.17) is 14.2 Å². The van der Waals surface area contributed by atoms with E-state index in [9.17, 15) is 9.59 Å². The summed E-state index contributed by atoms with van der Waals surface area (Å²) < 4.78 is 17.5. The Kier molecular flexibility index (Phi) is 9.01. The number of carbonyl (C=O) groups is 2. The normalized spacial score (nSPS) is 17.6. The first kappa shape index (κ1) is 27.7. The van der Waals surface area contributed by atoms with E-state index < -0.39 is 18.1 Å². The maximum atomic E-state index is 14.3. The van der Waals surface area contributed by atoms with Gasteiger partial charge in [0.1, 0.15) is 18.7 Å². The van der Waals surface area contributed by atoms with Crippen LogP contribution in [0.4, 0.5) is 0 Å². The largest absolute Gasteiger partial charge is 0.493 e. The van der Waals surface area contributed by atoms with Gasteiger partial charge in [0.15, 0.2) is 11.5 Å². The second kappa shape index (κ2) is 13.0. The van der Waals surface area contributed by atoms with Gasteiger partial charge in [-0.3, -0.25) is 10.1 Å². The molecule has 0 bridgehead atoms. The minimum Gasteiger partial charge on any atom is -0.493 e. The van der Waals surface area contributed by atoms with Crippen LogP contribution in [-0.2, 0) is 33.9 Å². The predicted octanol–water partition coefficient (Wildman–Crippen LogP) is 5.36. The Morgan fingerprint density at radius 1 is 0.975 bits per heavy atom. The fourth-order valence-electron chi connectivity index (χ4n) is 5.80. The SMILES string of the molecule is CCOC(=O)C1Cc2c(ccc(OC)c2OCc2ccccc2)CN1C(=O)C(NC1CCCC1)c1ccccc1. The van der Waals surface area contributed by atoms with Gasteiger partial charge in [0, 0.05) is 24.6 Å². The van der Waals surface area contributed by atoms with Crippen LogP contribution >= 0.6 is 0 Å². The van der Waals surface area contributed by atoms with Crippen LogP contribution in [0.3, 0.4) is 0 Å². The molecule has 7 nitrogen and oxygen atoms in total. The summed E-state index contributed by atoms with van der Waals surface area (Å²) in [5, 5.41) is 3.62. The molecule has 5 rings (SSSR count). The van der Waals surface area contributed by atoms with Crippen molar-refractivity contribution in [2.45, 2.75) is 70.3 Å². The van der Waals surface area contributed by atoms with Crippen molar-refractivity contribution >= 4 is 11.9 Å². The Morgan fingerprint density at radius 2 is 1.68 bits per heavy atom. The Morgan fingerprint density at radius 3 is 2.35 bits per heavy atom. The Labute approximate surface area is 236 Å². The van der Waals surface area contributed by atoms with Crippen LogP contribution in [0.25, 0.3) is 0 Å². The molecule has 1 aliphatic heterocycles. The Bertz CT molecular complexity index is 1290. The van der Waals surface area contributed by atoms with Crippen molar-refractivity contribution in [3.63, 3.8) is 0 Å². The van der Waals surface area contributed by atoms with Crippen molar-refractivity contribution in [2.24, 2.45) is 0 Å². The molecule has 2 aliphatic rings. The van der Waals surface area contributed by atoms with Crippen molar-refractivity contribution in [3.8, 4) is 11.5 Å². The molecule has 210 valence electrons. The highest BCUT2D eigenvalue weighted by Gasteiger charge is 2.41. The van der Waals surface area contributed by atoms with Crippen molar-refractivity contribution in [3.05, 3.63) is 95.1 Å². The molecule has 1 N–H and O–H groups in total. The second-order valence-corrected chi connectivity index (χ2v) is 10.4. The molecule has 1 fully saturated rings. The van der Waals surface area contributed by atoms with Gasteiger partial charge in [-0.05, 0) is 42.5 Å². The van der Waals surface area contributed by atoms with E-state index >= 15 is 0 Å². The number of ether oxygens (including phenoxy) is 3. The van der Waals surface area contributed by atoms with E-state index in [2.05, 4.69) is 5.32 Å². The molecule has 1 saturated carbocycles. The van der Waals surface area contributed by atoms with Gasteiger partial charge in [0.05, 0.1) is 13.7 Å². The van der Waals surface area contributed by atoms with E-state index in [0.717, 1.165) is 47.9 Å². The zero-order valence-electron chi connectivity index (χ0n) is 23.3. The van der Waals surface area contributed by atoms with Gasteiger partial charge >= 0.3 is 5.97 Å². The average Bonchev–Trinajstić information content (AvgIpc) is 3.52. The number of hydrogen-bond donors (Lipinski definition) is 1. The molecular formula is C33H38N2O5. The van der Waals surface area contributed by atoms with Gasteiger partial charge in [0.25, 0.3) is 0 Å². The zero-order chi connectivity index (χ0) is 27.9. The Balaban J connectivity index is 1.49. The zero-order valence-corrected chi connectivity index (χ0v) is 23.3. The van der Waals surface area contributed by atoms with Gasteiger partial charge in [-0.25, -0.2) is 4.79 Å². The number of nitrogens with one attached hydrogen (secondary N) is 1. The van der Waals surface area contributed by atoms with Gasteiger partial charge < -0.3 is 19.1 Å². The fourth-order valence-corrected chi connectivity index (χ4v) is 5.80. The number of rotatable bonds is 10. The van der Waals surface area contributed by atoms with Crippen molar-refractivity contribution in [2.75, 3.05) is 13.7 Å². The molecule has 0 saturated heterocycles. The number of methoxy groups -OCH3 is 1. The third kappa shape index (κ3) is 6.15. The smallest absolute Gasteiger partial charge is 0.329 e. The maximum Gasteiger partial charge on any atom is 0.329 e. The molecule has 2 atom stereocenters. The van der Waals surface area contributed by atoms with E-state index in [-0.39, 0.29) is 31.5 Å². The molecule has 0 aromatic heterocycles. The molecule has 0 radical (unpaired) electrons. The summed E-state index contributed by atoms with van der Waals surface area (Å²) in [5.74, 6) is 0.673. The van der Waals surface area contributed by atoms with E-state index in [1.54, 1.807) is 18.9 Å². The summed E-state index contributed by atoms with van der Waals surface area (Å²) in [6, 6.07) is 22.5. The van der Waals surface area contributed by atoms with Crippen LogP contribution < -0.4 is 14.8 Å². The number of esters is 1. The number of nitrogens with zero attached hydrogens (tertiary/aromatic N) is 1. The number of fused-ring (bicyclic) bond motifs is 1. The summed E-state index contributed by atoms with van der Waals surface area (Å²) in [7, 11) is 1.61. The molecule has 40 heavy (non-hydrogen) atoms. The van der Waals surface area contributed by atoms with Crippen LogP contribution in [0.1, 0.15) is 60.9 Å². The lowest BCUT2D eigenvalue weighted by molar-refractivity contribution is -0.156. The number of amides is 1. The van der Waals surface area contributed by atoms with Crippen molar-refractivity contribution < 1.29 is 23.8 Å². The number of hydrogen-bond acceptors (Lipinski definition) is 6. The third-order valence-corrected chi connectivity index (χ3v) is 7.86. The lowest BCUT2D eigenvalue weighted by atomic mass is 9.91. The number of carbonyl (C=O) groups excluding carboxylic acids is 2. The van der Waals surface area contributed by atoms with Crippen LogP contribution in [0, 0.1) is 0 Å². The summed E-state index contributed by atoms with van der Waals surface area (Å²) in [6.45, 7) is 2.66. The van der Waals surface area contributed by atoms with Gasteiger partial charge in [-0.1, -0.05) is 79.6 Å². The first-order chi connectivity index (χ1) is 19.6. The minimum absolute atomic E-state index is 0.121. The molecular weight excluding hydrogens is 504 g/mol. The van der Waals surface area contributed by atoms with Crippen molar-refractivity contribution in [1.29, 1.82) is 0 Å². The summed E-state index contributed by atoms with van der Waals surface area (Å²) in [5.41, 5.74) is 3.73. The van der Waals surface area contributed by atoms with Crippen LogP contribution in [0.15, 0.2) is 72.8 Å². The maximum absolute atomic E-state index is 14.3. The van der Waals surface area contributed by atoms with Crippen molar-refractivity contribution in [1.82, 2.24) is 10.2 Å². The highest BCUT2D eigenvalue weighted by Crippen LogP contribution is 2.40. The fraction of sp³-hybridized carbons (Fsp3) is 0.394. The Hall–Kier alpha value is -3.84. The van der Waals surface area contributed by atoms with Crippen LogP contribution in [0.5, 0.6) is 11.5 Å². The van der Waals surface area contributed by atoms with E-state index in [1.807, 2.05) is 72.8 Å². The second-order valence-electron chi connectivity index (χ2n) is 10.4. The average molecular weight is 543 g/mol. The lowest BCUT2D eigenvalue weighted by Crippen LogP contribution is -2.53.